The summed E-state index contributed by atoms with van der Waals surface area (Å²) in [5, 5.41) is 3.94. The number of nitrogen functional groups attached to an aromatic ring is 1. The van der Waals surface area contributed by atoms with Crippen LogP contribution in [-0.2, 0) is 25.6 Å². The SMILES string of the molecule is COC(=O)C1COCCN1C(=O)Cn1cc(N)cn1. The van der Waals surface area contributed by atoms with Gasteiger partial charge in [-0.3, -0.25) is 9.48 Å². The fraction of sp³-hybridized carbons (Fsp3) is 0.545. The minimum Gasteiger partial charge on any atom is -0.467 e. The first-order chi connectivity index (χ1) is 9.11. The Kier molecular flexibility index (Phi) is 4.00. The lowest BCUT2D eigenvalue weighted by molar-refractivity contribution is -0.161. The number of anilines is 1. The molecular weight excluding hydrogens is 252 g/mol. The third-order valence-corrected chi connectivity index (χ3v) is 2.87. The minimum absolute atomic E-state index is 0.0324. The Bertz CT molecular complexity index is 473. The van der Waals surface area contributed by atoms with Crippen LogP contribution >= 0.6 is 0 Å². The van der Waals surface area contributed by atoms with Crippen molar-refractivity contribution in [2.24, 2.45) is 0 Å². The second kappa shape index (κ2) is 5.70. The summed E-state index contributed by atoms with van der Waals surface area (Å²) in [7, 11) is 1.29. The molecule has 1 aliphatic heterocycles. The number of morpholine rings is 1. The molecule has 8 nitrogen and oxygen atoms in total. The Labute approximate surface area is 110 Å². The van der Waals surface area contributed by atoms with E-state index in [1.54, 1.807) is 6.20 Å². The molecule has 2 rings (SSSR count). The molecule has 1 unspecified atom stereocenters. The lowest BCUT2D eigenvalue weighted by Crippen LogP contribution is -2.53. The van der Waals surface area contributed by atoms with Crippen LogP contribution in [0.3, 0.4) is 0 Å². The van der Waals surface area contributed by atoms with Gasteiger partial charge >= 0.3 is 5.97 Å². The van der Waals surface area contributed by atoms with Crippen molar-refractivity contribution in [3.05, 3.63) is 12.4 Å². The van der Waals surface area contributed by atoms with Crippen LogP contribution in [0.2, 0.25) is 0 Å². The monoisotopic (exact) mass is 268 g/mol. The van der Waals surface area contributed by atoms with Gasteiger partial charge in [0, 0.05) is 12.7 Å². The van der Waals surface area contributed by atoms with Crippen molar-refractivity contribution in [1.29, 1.82) is 0 Å². The van der Waals surface area contributed by atoms with Crippen LogP contribution < -0.4 is 5.73 Å². The van der Waals surface area contributed by atoms with Crippen LogP contribution in [-0.4, -0.2) is 59.5 Å². The summed E-state index contributed by atoms with van der Waals surface area (Å²) in [6.45, 7) is 0.945. The number of aromatic nitrogens is 2. The van der Waals surface area contributed by atoms with E-state index in [1.165, 1.54) is 22.9 Å². The molecule has 1 saturated heterocycles. The lowest BCUT2D eigenvalue weighted by Gasteiger charge is -2.33. The zero-order valence-electron chi connectivity index (χ0n) is 10.6. The largest absolute Gasteiger partial charge is 0.467 e. The Morgan fingerprint density at radius 2 is 2.42 bits per heavy atom. The number of methoxy groups -OCH3 is 1. The number of nitrogens with zero attached hydrogens (tertiary/aromatic N) is 3. The number of esters is 1. The molecule has 2 N–H and O–H groups in total. The molecule has 1 aromatic rings. The number of hydrogen-bond acceptors (Lipinski definition) is 6. The average Bonchev–Trinajstić information content (AvgIpc) is 2.83. The maximum atomic E-state index is 12.2. The predicted molar refractivity (Wildman–Crippen MR) is 65.0 cm³/mol. The third-order valence-electron chi connectivity index (χ3n) is 2.87. The smallest absolute Gasteiger partial charge is 0.331 e. The van der Waals surface area contributed by atoms with E-state index in [2.05, 4.69) is 9.84 Å². The Hall–Kier alpha value is -2.09. The van der Waals surface area contributed by atoms with Gasteiger partial charge in [0.05, 0.1) is 32.2 Å². The highest BCUT2D eigenvalue weighted by molar-refractivity contribution is 5.84. The maximum absolute atomic E-state index is 12.2. The Morgan fingerprint density at radius 3 is 3.05 bits per heavy atom. The van der Waals surface area contributed by atoms with Crippen molar-refractivity contribution in [3.63, 3.8) is 0 Å². The topological polar surface area (TPSA) is 99.7 Å². The summed E-state index contributed by atoms with van der Waals surface area (Å²) < 4.78 is 11.3. The van der Waals surface area contributed by atoms with E-state index in [0.29, 0.717) is 18.8 Å². The zero-order valence-corrected chi connectivity index (χ0v) is 10.6. The van der Waals surface area contributed by atoms with Crippen molar-refractivity contribution in [2.75, 3.05) is 32.6 Å². The Morgan fingerprint density at radius 1 is 1.63 bits per heavy atom. The van der Waals surface area contributed by atoms with E-state index < -0.39 is 12.0 Å². The van der Waals surface area contributed by atoms with Crippen LogP contribution in [0.15, 0.2) is 12.4 Å². The van der Waals surface area contributed by atoms with Gasteiger partial charge in [0.15, 0.2) is 6.04 Å². The van der Waals surface area contributed by atoms with Gasteiger partial charge in [-0.25, -0.2) is 4.79 Å². The molecule has 0 saturated carbocycles. The highest BCUT2D eigenvalue weighted by Crippen LogP contribution is 2.10. The summed E-state index contributed by atoms with van der Waals surface area (Å²) in [6.07, 6.45) is 3.02. The molecule has 0 aromatic carbocycles. The zero-order chi connectivity index (χ0) is 13.8. The van der Waals surface area contributed by atoms with Crippen LogP contribution in [0.4, 0.5) is 5.69 Å². The normalized spacial score (nSPS) is 19.2. The van der Waals surface area contributed by atoms with E-state index >= 15 is 0 Å². The third kappa shape index (κ3) is 3.02. The first kappa shape index (κ1) is 13.3. The standard InChI is InChI=1S/C11H16N4O4/c1-18-11(17)9-7-19-3-2-15(9)10(16)6-14-5-8(12)4-13-14/h4-5,9H,2-3,6-7,12H2,1H3. The molecule has 19 heavy (non-hydrogen) atoms. The van der Waals surface area contributed by atoms with Crippen molar-refractivity contribution < 1.29 is 19.1 Å². The molecule has 1 aliphatic rings. The molecule has 2 heterocycles. The molecule has 0 radical (unpaired) electrons. The lowest BCUT2D eigenvalue weighted by atomic mass is 10.2. The van der Waals surface area contributed by atoms with Crippen molar-refractivity contribution in [1.82, 2.24) is 14.7 Å². The van der Waals surface area contributed by atoms with Crippen molar-refractivity contribution >= 4 is 17.6 Å². The van der Waals surface area contributed by atoms with E-state index in [9.17, 15) is 9.59 Å². The van der Waals surface area contributed by atoms with Crippen LogP contribution in [0.25, 0.3) is 0 Å². The second-order valence-electron chi connectivity index (χ2n) is 4.17. The molecule has 104 valence electrons. The fourth-order valence-electron chi connectivity index (χ4n) is 1.93. The van der Waals surface area contributed by atoms with E-state index in [-0.39, 0.29) is 19.1 Å². The number of carbonyl (C=O) groups is 2. The number of ether oxygens (including phenoxy) is 2. The van der Waals surface area contributed by atoms with Gasteiger partial charge in [0.25, 0.3) is 0 Å². The molecule has 8 heteroatoms. The van der Waals surface area contributed by atoms with Gasteiger partial charge in [0.1, 0.15) is 6.54 Å². The van der Waals surface area contributed by atoms with Gasteiger partial charge in [0.2, 0.25) is 5.91 Å². The van der Waals surface area contributed by atoms with Crippen LogP contribution in [0.5, 0.6) is 0 Å². The summed E-state index contributed by atoms with van der Waals surface area (Å²) in [5.74, 6) is -0.699. The van der Waals surface area contributed by atoms with Gasteiger partial charge < -0.3 is 20.1 Å². The average molecular weight is 268 g/mol. The van der Waals surface area contributed by atoms with Crippen LogP contribution in [0, 0.1) is 0 Å². The van der Waals surface area contributed by atoms with Crippen molar-refractivity contribution in [2.45, 2.75) is 12.6 Å². The fourth-order valence-corrected chi connectivity index (χ4v) is 1.93. The molecule has 1 aromatic heterocycles. The van der Waals surface area contributed by atoms with Gasteiger partial charge in [-0.1, -0.05) is 0 Å². The van der Waals surface area contributed by atoms with Crippen molar-refractivity contribution in [3.8, 4) is 0 Å². The summed E-state index contributed by atoms with van der Waals surface area (Å²) in [5.41, 5.74) is 6.01. The van der Waals surface area contributed by atoms with Crippen LogP contribution in [0.1, 0.15) is 0 Å². The summed E-state index contributed by atoms with van der Waals surface area (Å²) in [4.78, 5) is 25.2. The number of rotatable bonds is 3. The Balaban J connectivity index is 2.05. The second-order valence-corrected chi connectivity index (χ2v) is 4.17. The molecule has 0 aliphatic carbocycles. The summed E-state index contributed by atoms with van der Waals surface area (Å²) >= 11 is 0. The van der Waals surface area contributed by atoms with Gasteiger partial charge in [-0.2, -0.15) is 5.10 Å². The molecule has 1 fully saturated rings. The summed E-state index contributed by atoms with van der Waals surface area (Å²) in [6, 6.07) is -0.695. The quantitative estimate of drug-likeness (QED) is 0.696. The molecule has 1 amide bonds. The maximum Gasteiger partial charge on any atom is 0.331 e. The number of hydrogen-bond donors (Lipinski definition) is 1. The highest BCUT2D eigenvalue weighted by Gasteiger charge is 2.33. The van der Waals surface area contributed by atoms with Gasteiger partial charge in [-0.05, 0) is 0 Å². The van der Waals surface area contributed by atoms with E-state index in [4.69, 9.17) is 10.5 Å². The number of amides is 1. The molecular formula is C11H16N4O4. The van der Waals surface area contributed by atoms with E-state index in [0.717, 1.165) is 0 Å². The first-order valence-corrected chi connectivity index (χ1v) is 5.85. The molecule has 0 bridgehead atoms. The minimum atomic E-state index is -0.695. The number of carbonyl (C=O) groups excluding carboxylic acids is 2. The highest BCUT2D eigenvalue weighted by atomic mass is 16.5. The van der Waals surface area contributed by atoms with E-state index in [1.807, 2.05) is 0 Å². The molecule has 1 atom stereocenters. The van der Waals surface area contributed by atoms with Gasteiger partial charge in [-0.15, -0.1) is 0 Å². The number of nitrogens with two attached hydrogens (primary N) is 1. The predicted octanol–water partition coefficient (Wildman–Crippen LogP) is -1.13. The molecule has 0 spiro atoms. The first-order valence-electron chi connectivity index (χ1n) is 5.85.